The van der Waals surface area contributed by atoms with Crippen LogP contribution in [0.5, 0.6) is 0 Å². The second kappa shape index (κ2) is 4.70. The van der Waals surface area contributed by atoms with Gasteiger partial charge in [-0.15, -0.1) is 0 Å². The molecule has 0 radical (unpaired) electrons. The van der Waals surface area contributed by atoms with Gasteiger partial charge in [0.25, 0.3) is 0 Å². The summed E-state index contributed by atoms with van der Waals surface area (Å²) in [6.07, 6.45) is 8.76. The van der Waals surface area contributed by atoms with E-state index >= 15 is 0 Å². The Morgan fingerprint density at radius 1 is 1.24 bits per heavy atom. The number of Topliss-reactive ketones (excluding diaryl/α,β-unsaturated/α-hetero) is 1. The van der Waals surface area contributed by atoms with Gasteiger partial charge in [0.15, 0.2) is 0 Å². The second-order valence-corrected chi connectivity index (χ2v) is 4.69. The van der Waals surface area contributed by atoms with E-state index in [0.29, 0.717) is 12.2 Å². The number of allylic oxidation sites excluding steroid dienone is 4. The standard InChI is InChI=1S/C16H18O/c1-3-15(17)14-11-7-8-12-16(14,2)13-9-5-4-6-10-13/h4-12,14H,3H2,1-2H3. The molecule has 1 aliphatic carbocycles. The highest BCUT2D eigenvalue weighted by molar-refractivity contribution is 5.85. The van der Waals surface area contributed by atoms with Gasteiger partial charge in [-0.05, 0) is 5.56 Å². The first kappa shape index (κ1) is 11.8. The molecule has 88 valence electrons. The molecule has 1 nitrogen and oxygen atoms in total. The Balaban J connectivity index is 2.43. The summed E-state index contributed by atoms with van der Waals surface area (Å²) in [7, 11) is 0. The Labute approximate surface area is 103 Å². The summed E-state index contributed by atoms with van der Waals surface area (Å²) in [6.45, 7) is 4.07. The first-order valence-corrected chi connectivity index (χ1v) is 6.12. The molecule has 0 N–H and O–H groups in total. The van der Waals surface area contributed by atoms with Crippen LogP contribution in [0.2, 0.25) is 0 Å². The van der Waals surface area contributed by atoms with Crippen molar-refractivity contribution in [2.75, 3.05) is 0 Å². The fourth-order valence-electron chi connectivity index (χ4n) is 2.47. The zero-order valence-corrected chi connectivity index (χ0v) is 10.4. The fourth-order valence-corrected chi connectivity index (χ4v) is 2.47. The van der Waals surface area contributed by atoms with E-state index in [1.54, 1.807) is 0 Å². The average molecular weight is 226 g/mol. The third-order valence-electron chi connectivity index (χ3n) is 3.59. The van der Waals surface area contributed by atoms with Crippen molar-refractivity contribution in [1.29, 1.82) is 0 Å². The summed E-state index contributed by atoms with van der Waals surface area (Å²) >= 11 is 0. The number of ketones is 1. The number of hydrogen-bond acceptors (Lipinski definition) is 1. The smallest absolute Gasteiger partial charge is 0.140 e. The summed E-state index contributed by atoms with van der Waals surface area (Å²) in [5.41, 5.74) is 0.996. The predicted molar refractivity (Wildman–Crippen MR) is 70.9 cm³/mol. The monoisotopic (exact) mass is 226 g/mol. The van der Waals surface area contributed by atoms with Gasteiger partial charge in [-0.25, -0.2) is 0 Å². The lowest BCUT2D eigenvalue weighted by atomic mass is 9.67. The third-order valence-corrected chi connectivity index (χ3v) is 3.59. The van der Waals surface area contributed by atoms with Crippen LogP contribution in [0.4, 0.5) is 0 Å². The molecule has 0 aromatic heterocycles. The Kier molecular flexibility index (Phi) is 3.28. The minimum atomic E-state index is -0.205. The summed E-state index contributed by atoms with van der Waals surface area (Å²) in [5.74, 6) is 0.261. The highest BCUT2D eigenvalue weighted by Gasteiger charge is 2.36. The number of benzene rings is 1. The van der Waals surface area contributed by atoms with Gasteiger partial charge < -0.3 is 0 Å². The molecule has 0 spiro atoms. The lowest BCUT2D eigenvalue weighted by molar-refractivity contribution is -0.122. The van der Waals surface area contributed by atoms with Crippen molar-refractivity contribution in [2.24, 2.45) is 5.92 Å². The molecule has 0 fully saturated rings. The van der Waals surface area contributed by atoms with Gasteiger partial charge in [-0.2, -0.15) is 0 Å². The molecule has 2 unspecified atom stereocenters. The number of carbonyl (C=O) groups is 1. The molecule has 0 saturated carbocycles. The summed E-state index contributed by atoms with van der Waals surface area (Å²) < 4.78 is 0. The van der Waals surface area contributed by atoms with Crippen LogP contribution < -0.4 is 0 Å². The van der Waals surface area contributed by atoms with Crippen molar-refractivity contribution in [3.05, 3.63) is 60.2 Å². The third kappa shape index (κ3) is 2.10. The minimum absolute atomic E-state index is 0.0418. The van der Waals surface area contributed by atoms with Crippen molar-refractivity contribution in [3.63, 3.8) is 0 Å². The SMILES string of the molecule is CCC(=O)C1C=CC=CC1(C)c1ccccc1. The van der Waals surface area contributed by atoms with Crippen LogP contribution >= 0.6 is 0 Å². The maximum absolute atomic E-state index is 12.1. The van der Waals surface area contributed by atoms with Gasteiger partial charge in [0.1, 0.15) is 5.78 Å². The van der Waals surface area contributed by atoms with Crippen LogP contribution in [0.25, 0.3) is 0 Å². The van der Waals surface area contributed by atoms with Crippen LogP contribution in [-0.2, 0) is 10.2 Å². The number of rotatable bonds is 3. The average Bonchev–Trinajstić information content (AvgIpc) is 2.39. The molecular formula is C16H18O. The number of hydrogen-bond donors (Lipinski definition) is 0. The summed E-state index contributed by atoms with van der Waals surface area (Å²) in [5, 5.41) is 0. The molecule has 0 amide bonds. The lowest BCUT2D eigenvalue weighted by Crippen LogP contribution is -2.35. The Morgan fingerprint density at radius 3 is 2.59 bits per heavy atom. The molecule has 1 heteroatoms. The maximum atomic E-state index is 12.1. The van der Waals surface area contributed by atoms with Gasteiger partial charge in [0, 0.05) is 17.8 Å². The van der Waals surface area contributed by atoms with E-state index in [4.69, 9.17) is 0 Å². The van der Waals surface area contributed by atoms with Crippen molar-refractivity contribution >= 4 is 5.78 Å². The Morgan fingerprint density at radius 2 is 1.94 bits per heavy atom. The zero-order valence-electron chi connectivity index (χ0n) is 10.4. The fraction of sp³-hybridized carbons (Fsp3) is 0.312. The van der Waals surface area contributed by atoms with Crippen molar-refractivity contribution in [1.82, 2.24) is 0 Å². The van der Waals surface area contributed by atoms with Gasteiger partial charge in [0.05, 0.1) is 0 Å². The van der Waals surface area contributed by atoms with Gasteiger partial charge in [0.2, 0.25) is 0 Å². The van der Waals surface area contributed by atoms with Crippen molar-refractivity contribution < 1.29 is 4.79 Å². The highest BCUT2D eigenvalue weighted by Crippen LogP contribution is 2.37. The van der Waals surface area contributed by atoms with E-state index in [1.807, 2.05) is 43.4 Å². The van der Waals surface area contributed by atoms with E-state index in [-0.39, 0.29) is 11.3 Å². The Bertz CT molecular complexity index is 456. The van der Waals surface area contributed by atoms with Crippen LogP contribution in [0.15, 0.2) is 54.6 Å². The molecule has 1 aromatic carbocycles. The normalized spacial score (nSPS) is 27.1. The van der Waals surface area contributed by atoms with Crippen LogP contribution in [0, 0.1) is 5.92 Å². The van der Waals surface area contributed by atoms with Crippen molar-refractivity contribution in [3.8, 4) is 0 Å². The van der Waals surface area contributed by atoms with Crippen LogP contribution in [0.1, 0.15) is 25.8 Å². The van der Waals surface area contributed by atoms with Gasteiger partial charge >= 0.3 is 0 Å². The molecule has 1 aromatic rings. The first-order valence-electron chi connectivity index (χ1n) is 6.12. The summed E-state index contributed by atoms with van der Waals surface area (Å²) in [4.78, 5) is 12.1. The molecule has 2 atom stereocenters. The molecule has 17 heavy (non-hydrogen) atoms. The minimum Gasteiger partial charge on any atom is -0.299 e. The quantitative estimate of drug-likeness (QED) is 0.768. The molecule has 2 rings (SSSR count). The maximum Gasteiger partial charge on any atom is 0.140 e. The van der Waals surface area contributed by atoms with Crippen molar-refractivity contribution in [2.45, 2.75) is 25.7 Å². The molecule has 1 aliphatic rings. The molecular weight excluding hydrogens is 208 g/mol. The van der Waals surface area contributed by atoms with E-state index in [0.717, 1.165) is 0 Å². The second-order valence-electron chi connectivity index (χ2n) is 4.69. The Hall–Kier alpha value is -1.63. The van der Waals surface area contributed by atoms with E-state index in [1.165, 1.54) is 5.56 Å². The molecule has 0 bridgehead atoms. The van der Waals surface area contributed by atoms with Gasteiger partial charge in [-0.1, -0.05) is 68.5 Å². The predicted octanol–water partition coefficient (Wildman–Crippen LogP) is 3.67. The van der Waals surface area contributed by atoms with Crippen LogP contribution in [-0.4, -0.2) is 5.78 Å². The molecule has 0 heterocycles. The molecule has 0 saturated heterocycles. The first-order chi connectivity index (χ1) is 8.18. The molecule has 0 aliphatic heterocycles. The van der Waals surface area contributed by atoms with Gasteiger partial charge in [-0.3, -0.25) is 4.79 Å². The topological polar surface area (TPSA) is 17.1 Å². The highest BCUT2D eigenvalue weighted by atomic mass is 16.1. The van der Waals surface area contributed by atoms with E-state index < -0.39 is 0 Å². The lowest BCUT2D eigenvalue weighted by Gasteiger charge is -2.34. The largest absolute Gasteiger partial charge is 0.299 e. The number of carbonyl (C=O) groups excluding carboxylic acids is 1. The van der Waals surface area contributed by atoms with Crippen LogP contribution in [0.3, 0.4) is 0 Å². The summed E-state index contributed by atoms with van der Waals surface area (Å²) in [6, 6.07) is 10.3. The zero-order chi connectivity index (χ0) is 12.3. The van der Waals surface area contributed by atoms with E-state index in [9.17, 15) is 4.79 Å². The van der Waals surface area contributed by atoms with E-state index in [2.05, 4.69) is 25.1 Å².